The van der Waals surface area contributed by atoms with Gasteiger partial charge in [0.25, 0.3) is 0 Å². The molecule has 1 aliphatic rings. The van der Waals surface area contributed by atoms with Crippen molar-refractivity contribution in [1.29, 1.82) is 0 Å². The number of allylic oxidation sites excluding steroid dienone is 1. The normalized spacial score (nSPS) is 16.2. The van der Waals surface area contributed by atoms with Crippen LogP contribution in [0.1, 0.15) is 43.2 Å². The Bertz CT molecular complexity index is 416. The Hall–Kier alpha value is -1.64. The average molecular weight is 217 g/mol. The van der Waals surface area contributed by atoms with E-state index in [9.17, 15) is 10.1 Å². The quantitative estimate of drug-likeness (QED) is 0.571. The average Bonchev–Trinajstić information content (AvgIpc) is 3.10. The molecule has 0 radical (unpaired) electrons. The second-order valence-electron chi connectivity index (χ2n) is 4.19. The highest BCUT2D eigenvalue weighted by molar-refractivity contribution is 5.51. The summed E-state index contributed by atoms with van der Waals surface area (Å²) in [6.45, 7) is 1.80. The first-order valence-corrected chi connectivity index (χ1v) is 5.65. The predicted molar refractivity (Wildman–Crippen MR) is 63.7 cm³/mol. The summed E-state index contributed by atoms with van der Waals surface area (Å²) in [7, 11) is 0. The van der Waals surface area contributed by atoms with Crippen LogP contribution in [0, 0.1) is 10.1 Å². The largest absolute Gasteiger partial charge is 0.259 e. The number of rotatable bonds is 4. The van der Waals surface area contributed by atoms with Crippen molar-refractivity contribution in [2.24, 2.45) is 0 Å². The summed E-state index contributed by atoms with van der Waals surface area (Å²) in [5, 5.41) is 10.7. The molecule has 0 unspecified atom stereocenters. The van der Waals surface area contributed by atoms with Crippen molar-refractivity contribution in [3.8, 4) is 0 Å². The molecule has 0 aromatic heterocycles. The van der Waals surface area contributed by atoms with E-state index < -0.39 is 0 Å². The first-order chi connectivity index (χ1) is 7.70. The molecule has 1 aromatic carbocycles. The van der Waals surface area contributed by atoms with E-state index in [1.165, 1.54) is 18.4 Å². The summed E-state index contributed by atoms with van der Waals surface area (Å²) >= 11 is 0. The van der Waals surface area contributed by atoms with Gasteiger partial charge >= 0.3 is 0 Å². The summed E-state index contributed by atoms with van der Waals surface area (Å²) in [4.78, 5) is 10.3. The minimum Gasteiger partial charge on any atom is -0.259 e. The van der Waals surface area contributed by atoms with Gasteiger partial charge in [0.15, 0.2) is 0 Å². The molecule has 0 spiro atoms. The first-order valence-electron chi connectivity index (χ1n) is 5.65. The maximum absolute atomic E-state index is 10.7. The Labute approximate surface area is 94.9 Å². The lowest BCUT2D eigenvalue weighted by Gasteiger charge is -1.99. The Morgan fingerprint density at radius 2 is 2.06 bits per heavy atom. The van der Waals surface area contributed by atoms with Crippen LogP contribution in [0.2, 0.25) is 0 Å². The number of nitro groups is 1. The van der Waals surface area contributed by atoms with Gasteiger partial charge in [-0.3, -0.25) is 10.1 Å². The second-order valence-corrected chi connectivity index (χ2v) is 4.19. The molecule has 0 amide bonds. The summed E-state index contributed by atoms with van der Waals surface area (Å²) in [5.41, 5.74) is 2.54. The van der Waals surface area contributed by atoms with Gasteiger partial charge in [-0.2, -0.15) is 0 Å². The van der Waals surface area contributed by atoms with Crippen molar-refractivity contribution < 1.29 is 4.92 Å². The highest BCUT2D eigenvalue weighted by Crippen LogP contribution is 2.39. The van der Waals surface area contributed by atoms with Crippen LogP contribution in [0.3, 0.4) is 0 Å². The van der Waals surface area contributed by atoms with Crippen molar-refractivity contribution >= 4 is 6.08 Å². The molecule has 84 valence electrons. The highest BCUT2D eigenvalue weighted by atomic mass is 16.6. The molecule has 1 aliphatic carbocycles. The second kappa shape index (κ2) is 4.47. The van der Waals surface area contributed by atoms with E-state index in [1.807, 2.05) is 12.1 Å². The number of hydrogen-bond acceptors (Lipinski definition) is 2. The fraction of sp³-hybridized carbons (Fsp3) is 0.385. The van der Waals surface area contributed by atoms with Gasteiger partial charge in [0.1, 0.15) is 0 Å². The topological polar surface area (TPSA) is 43.1 Å². The van der Waals surface area contributed by atoms with Gasteiger partial charge in [0.05, 0.1) is 4.92 Å². The maximum atomic E-state index is 10.7. The summed E-state index contributed by atoms with van der Waals surface area (Å²) in [6, 6.07) is 8.09. The standard InChI is InChI=1S/C13H15NO2/c1-2-13(14(15)16)9-10-3-5-11(6-4-10)12-7-8-12/h3-6,9,12H,2,7-8H2,1H3. The minimum absolute atomic E-state index is 0.263. The zero-order valence-corrected chi connectivity index (χ0v) is 9.35. The molecule has 3 nitrogen and oxygen atoms in total. The van der Waals surface area contributed by atoms with Gasteiger partial charge < -0.3 is 0 Å². The van der Waals surface area contributed by atoms with Gasteiger partial charge in [-0.15, -0.1) is 0 Å². The Balaban J connectivity index is 2.17. The Kier molecular flexibility index (Phi) is 3.04. The van der Waals surface area contributed by atoms with Crippen LogP contribution in [0.5, 0.6) is 0 Å². The predicted octanol–water partition coefficient (Wildman–Crippen LogP) is 3.59. The molecule has 0 heterocycles. The van der Waals surface area contributed by atoms with E-state index in [2.05, 4.69) is 12.1 Å². The van der Waals surface area contributed by atoms with E-state index in [0.717, 1.165) is 11.5 Å². The van der Waals surface area contributed by atoms with E-state index in [-0.39, 0.29) is 10.6 Å². The van der Waals surface area contributed by atoms with Crippen molar-refractivity contribution in [2.45, 2.75) is 32.1 Å². The van der Waals surface area contributed by atoms with Gasteiger partial charge in [0.2, 0.25) is 5.70 Å². The maximum Gasteiger partial charge on any atom is 0.246 e. The third kappa shape index (κ3) is 2.48. The Morgan fingerprint density at radius 3 is 2.50 bits per heavy atom. The van der Waals surface area contributed by atoms with Crippen LogP contribution in [0.15, 0.2) is 30.0 Å². The fourth-order valence-electron chi connectivity index (χ4n) is 1.76. The van der Waals surface area contributed by atoms with Gasteiger partial charge in [0, 0.05) is 12.5 Å². The van der Waals surface area contributed by atoms with Crippen molar-refractivity contribution in [3.05, 3.63) is 51.2 Å². The molecule has 1 fully saturated rings. The summed E-state index contributed by atoms with van der Waals surface area (Å²) < 4.78 is 0. The van der Waals surface area contributed by atoms with Crippen LogP contribution in [-0.2, 0) is 0 Å². The van der Waals surface area contributed by atoms with Gasteiger partial charge in [-0.1, -0.05) is 31.2 Å². The summed E-state index contributed by atoms with van der Waals surface area (Å²) in [5.74, 6) is 0.735. The van der Waals surface area contributed by atoms with E-state index in [0.29, 0.717) is 6.42 Å². The van der Waals surface area contributed by atoms with Crippen LogP contribution < -0.4 is 0 Å². The number of nitrogens with zero attached hydrogens (tertiary/aromatic N) is 1. The van der Waals surface area contributed by atoms with Crippen molar-refractivity contribution in [1.82, 2.24) is 0 Å². The number of benzene rings is 1. The number of hydrogen-bond donors (Lipinski definition) is 0. The lowest BCUT2D eigenvalue weighted by Crippen LogP contribution is -1.96. The summed E-state index contributed by atoms with van der Waals surface area (Å²) in [6.07, 6.45) is 4.67. The monoisotopic (exact) mass is 217 g/mol. The smallest absolute Gasteiger partial charge is 0.246 e. The molecule has 1 saturated carbocycles. The minimum atomic E-state index is -0.311. The molecule has 0 saturated heterocycles. The lowest BCUT2D eigenvalue weighted by atomic mass is 10.1. The lowest BCUT2D eigenvalue weighted by molar-refractivity contribution is -0.425. The van der Waals surface area contributed by atoms with Crippen molar-refractivity contribution in [3.63, 3.8) is 0 Å². The Morgan fingerprint density at radius 1 is 1.44 bits per heavy atom. The van der Waals surface area contributed by atoms with Crippen LogP contribution >= 0.6 is 0 Å². The van der Waals surface area contributed by atoms with Crippen LogP contribution in [0.25, 0.3) is 6.08 Å². The fourth-order valence-corrected chi connectivity index (χ4v) is 1.76. The first kappa shape index (κ1) is 10.9. The third-order valence-electron chi connectivity index (χ3n) is 2.92. The van der Waals surface area contributed by atoms with E-state index in [1.54, 1.807) is 13.0 Å². The van der Waals surface area contributed by atoms with Gasteiger partial charge in [-0.25, -0.2) is 0 Å². The molecule has 3 heteroatoms. The SMILES string of the molecule is CCC(=Cc1ccc(C2CC2)cc1)[N+](=O)[O-]. The molecule has 2 rings (SSSR count). The molecule has 16 heavy (non-hydrogen) atoms. The molecule has 0 N–H and O–H groups in total. The molecule has 1 aromatic rings. The van der Waals surface area contributed by atoms with E-state index >= 15 is 0 Å². The zero-order chi connectivity index (χ0) is 11.5. The van der Waals surface area contributed by atoms with Crippen molar-refractivity contribution in [2.75, 3.05) is 0 Å². The molecule has 0 bridgehead atoms. The zero-order valence-electron chi connectivity index (χ0n) is 9.35. The molecule has 0 aliphatic heterocycles. The van der Waals surface area contributed by atoms with Gasteiger partial charge in [-0.05, 0) is 29.9 Å². The molecular formula is C13H15NO2. The molecular weight excluding hydrogens is 202 g/mol. The van der Waals surface area contributed by atoms with E-state index in [4.69, 9.17) is 0 Å². The molecule has 0 atom stereocenters. The highest BCUT2D eigenvalue weighted by Gasteiger charge is 2.22. The van der Waals surface area contributed by atoms with Crippen LogP contribution in [0.4, 0.5) is 0 Å². The third-order valence-corrected chi connectivity index (χ3v) is 2.92. The van der Waals surface area contributed by atoms with Crippen LogP contribution in [-0.4, -0.2) is 4.92 Å².